The maximum atomic E-state index is 12.9. The van der Waals surface area contributed by atoms with Gasteiger partial charge in [0.05, 0.1) is 37.3 Å². The third-order valence-corrected chi connectivity index (χ3v) is 14.2. The largest absolute Gasteiger partial charge is 0.469 e. The molecule has 0 aromatic rings. The first-order chi connectivity index (χ1) is 28.7. The summed E-state index contributed by atoms with van der Waals surface area (Å²) in [5.41, 5.74) is 5.27. The molecule has 341 valence electrons. The average Bonchev–Trinajstić information content (AvgIpc) is 3.28. The van der Waals surface area contributed by atoms with Crippen LogP contribution in [0, 0.1) is 28.6 Å². The topological polar surface area (TPSA) is 71.1 Å². The van der Waals surface area contributed by atoms with Crippen molar-refractivity contribution in [3.8, 4) is 0 Å². The van der Waals surface area contributed by atoms with Crippen LogP contribution in [-0.2, 0) is 28.5 Å². The molecule has 0 heterocycles. The Morgan fingerprint density at radius 3 is 1.68 bits per heavy atom. The number of rotatable bonds is 22. The summed E-state index contributed by atoms with van der Waals surface area (Å²) in [4.78, 5) is 25.7. The fourth-order valence-electron chi connectivity index (χ4n) is 10.4. The Kier molecular flexibility index (Phi) is 35.5. The predicted molar refractivity (Wildman–Crippen MR) is 277 cm³/mol. The number of methoxy groups -OCH3 is 2. The minimum atomic E-state index is -0.344. The Balaban J connectivity index is 0.000000532. The number of carbonyl (C=O) groups is 2. The smallest absolute Gasteiger partial charge is 0.312 e. The van der Waals surface area contributed by atoms with Crippen molar-refractivity contribution in [2.24, 2.45) is 28.6 Å². The molecule has 0 amide bonds. The van der Waals surface area contributed by atoms with Crippen LogP contribution in [0.4, 0.5) is 0 Å². The fraction of sp³-hybridized carbons (Fsp3) is 0.917. The van der Waals surface area contributed by atoms with Gasteiger partial charge in [-0.2, -0.15) is 22.4 Å². The fourth-order valence-corrected chi connectivity index (χ4v) is 10.4. The van der Waals surface area contributed by atoms with E-state index in [-0.39, 0.29) is 28.9 Å². The van der Waals surface area contributed by atoms with Gasteiger partial charge in [-0.3, -0.25) is 9.59 Å². The first kappa shape index (κ1) is 57.9. The van der Waals surface area contributed by atoms with Crippen LogP contribution in [0.25, 0.3) is 0 Å². The first-order valence-corrected chi connectivity index (χ1v) is 27.8. The van der Waals surface area contributed by atoms with Crippen LogP contribution in [0.1, 0.15) is 214 Å². The highest BCUT2D eigenvalue weighted by Crippen LogP contribution is 2.44. The van der Waals surface area contributed by atoms with Gasteiger partial charge in [-0.25, -0.2) is 0 Å². The summed E-state index contributed by atoms with van der Waals surface area (Å²) in [7, 11) is 3.13. The van der Waals surface area contributed by atoms with Crippen LogP contribution >= 0.6 is 67.1 Å². The lowest BCUT2D eigenvalue weighted by Crippen LogP contribution is -2.36. The van der Waals surface area contributed by atoms with Crippen molar-refractivity contribution in [1.29, 1.82) is 0 Å². The monoisotopic (exact) mass is 1160 g/mol. The van der Waals surface area contributed by atoms with Gasteiger partial charge in [0.1, 0.15) is 0 Å². The standard InChI is InChI=1S/C24H44O3.C24H42O3.BI2.BI/c2*1-4-6-17-27-22-14-10-13-21(18-22)19-24(5-2,23(25)26-3)16-15-20-11-8-7-9-12-20;2-1-3;1-2/h20-22H,4-19H2,1-3H3;18,20,22H,4-17,19H2,1-3H3;;/t21?,22-,24+;22-,24+;;/m11../s1. The van der Waals surface area contributed by atoms with Gasteiger partial charge in [-0.15, -0.1) is 44.7 Å². The zero-order valence-corrected chi connectivity index (χ0v) is 45.1. The second kappa shape index (κ2) is 36.2. The molecule has 5 atom stereocenters. The maximum absolute atomic E-state index is 12.9. The molecular weight excluding hydrogens is 1070 g/mol. The molecule has 11 heteroatoms. The Bertz CT molecular complexity index is 1090. The third kappa shape index (κ3) is 23.1. The second-order valence-electron chi connectivity index (χ2n) is 18.2. The highest BCUT2D eigenvalue weighted by Gasteiger charge is 2.42. The van der Waals surface area contributed by atoms with Crippen LogP contribution in [0.5, 0.6) is 0 Å². The van der Waals surface area contributed by atoms with E-state index in [1.807, 2.05) is 2.99 Å². The number of hydrogen-bond donors (Lipinski definition) is 0. The lowest BCUT2D eigenvalue weighted by Gasteiger charge is -2.38. The summed E-state index contributed by atoms with van der Waals surface area (Å²) in [6, 6.07) is 0. The number of halogens is 3. The van der Waals surface area contributed by atoms with Crippen molar-refractivity contribution < 1.29 is 28.5 Å². The zero-order chi connectivity index (χ0) is 43.8. The molecule has 0 aromatic heterocycles. The molecule has 0 aliphatic heterocycles. The Labute approximate surface area is 406 Å². The van der Waals surface area contributed by atoms with Gasteiger partial charge in [0.25, 0.3) is 2.99 Å². The molecule has 0 spiro atoms. The van der Waals surface area contributed by atoms with Crippen molar-refractivity contribution in [2.75, 3.05) is 27.4 Å². The van der Waals surface area contributed by atoms with E-state index in [1.54, 1.807) is 36.6 Å². The number of hydrogen-bond acceptors (Lipinski definition) is 6. The maximum Gasteiger partial charge on any atom is 0.312 e. The molecular formula is C48H86B2I3O6. The molecule has 4 aliphatic carbocycles. The normalized spacial score (nSPS) is 23.2. The molecule has 4 aliphatic rings. The van der Waals surface area contributed by atoms with E-state index >= 15 is 0 Å². The summed E-state index contributed by atoms with van der Waals surface area (Å²) in [5, 5.41) is 0. The predicted octanol–water partition coefficient (Wildman–Crippen LogP) is 15.2. The van der Waals surface area contributed by atoms with Crippen LogP contribution in [0.3, 0.4) is 0 Å². The van der Waals surface area contributed by atoms with E-state index in [9.17, 15) is 9.59 Å². The van der Waals surface area contributed by atoms with E-state index in [0.29, 0.717) is 12.0 Å². The summed E-state index contributed by atoms with van der Waals surface area (Å²) in [5.74, 6) is 2.27. The van der Waals surface area contributed by atoms with E-state index in [2.05, 4.69) is 84.2 Å². The molecule has 3 saturated carbocycles. The molecule has 0 aromatic carbocycles. The highest BCUT2D eigenvalue weighted by atomic mass is 127. The van der Waals surface area contributed by atoms with Gasteiger partial charge in [-0.1, -0.05) is 129 Å². The molecule has 0 bridgehead atoms. The molecule has 1 unspecified atom stereocenters. The molecule has 6 nitrogen and oxygen atoms in total. The van der Waals surface area contributed by atoms with Gasteiger partial charge < -0.3 is 18.9 Å². The quantitative estimate of drug-likeness (QED) is 0.0354. The second-order valence-corrected chi connectivity index (χ2v) is 21.8. The van der Waals surface area contributed by atoms with Gasteiger partial charge in [0.2, 0.25) is 0 Å². The van der Waals surface area contributed by atoms with Gasteiger partial charge >= 0.3 is 11.9 Å². The van der Waals surface area contributed by atoms with Gasteiger partial charge in [0, 0.05) is 13.2 Å². The molecule has 0 saturated heterocycles. The van der Waals surface area contributed by atoms with Gasteiger partial charge in [-0.05, 0) is 114 Å². The lowest BCUT2D eigenvalue weighted by atomic mass is 9.68. The SMILES string of the molecule is CCCCO[C@@H]1CCCC(C[C@](CC)(CCC2CCCCC2)C(=O)OC)C1.CCCCO[C@H]1C=C(C[C@](CC)(CCC2CCCCC2)C(=O)OC)CCC1.I[B]I.[B]I. The van der Waals surface area contributed by atoms with E-state index < -0.39 is 0 Å². The van der Waals surface area contributed by atoms with Crippen LogP contribution in [0.2, 0.25) is 0 Å². The van der Waals surface area contributed by atoms with Gasteiger partial charge in [0.15, 0.2) is 5.70 Å². The molecule has 3 fully saturated rings. The summed E-state index contributed by atoms with van der Waals surface area (Å²) in [6.45, 7) is 10.5. The lowest BCUT2D eigenvalue weighted by molar-refractivity contribution is -0.156. The highest BCUT2D eigenvalue weighted by molar-refractivity contribution is 14.3. The molecule has 0 N–H and O–H groups in total. The van der Waals surface area contributed by atoms with Crippen LogP contribution in [0.15, 0.2) is 11.6 Å². The number of allylic oxidation sites excluding steroid dienone is 1. The first-order valence-electron chi connectivity index (χ1n) is 24.0. The minimum Gasteiger partial charge on any atom is -0.469 e. The van der Waals surface area contributed by atoms with Crippen molar-refractivity contribution in [2.45, 2.75) is 226 Å². The van der Waals surface area contributed by atoms with Crippen LogP contribution < -0.4 is 0 Å². The number of carbonyl (C=O) groups excluding carboxylic acids is 2. The number of unbranched alkanes of at least 4 members (excludes halogenated alkanes) is 2. The third-order valence-electron chi connectivity index (χ3n) is 14.2. The molecule has 59 heavy (non-hydrogen) atoms. The molecule has 4 rings (SSSR count). The van der Waals surface area contributed by atoms with E-state index in [0.717, 1.165) is 95.7 Å². The number of esters is 2. The van der Waals surface area contributed by atoms with Crippen LogP contribution in [-0.4, -0.2) is 60.3 Å². The van der Waals surface area contributed by atoms with Crippen molar-refractivity contribution in [1.82, 2.24) is 0 Å². The summed E-state index contributed by atoms with van der Waals surface area (Å²) >= 11 is 5.95. The minimum absolute atomic E-state index is 0.00395. The Morgan fingerprint density at radius 2 is 1.17 bits per heavy atom. The van der Waals surface area contributed by atoms with Crippen molar-refractivity contribution in [3.05, 3.63) is 11.6 Å². The Morgan fingerprint density at radius 1 is 0.678 bits per heavy atom. The average molecular weight is 1160 g/mol. The molecule has 3 radical (unpaired) electrons. The summed E-state index contributed by atoms with van der Waals surface area (Å²) < 4.78 is 24.7. The van der Waals surface area contributed by atoms with E-state index in [1.165, 1.54) is 121 Å². The Hall–Kier alpha value is 0.920. The number of ether oxygens (including phenoxy) is 4. The van der Waals surface area contributed by atoms with E-state index in [4.69, 9.17) is 18.9 Å². The van der Waals surface area contributed by atoms with Crippen molar-refractivity contribution in [3.63, 3.8) is 0 Å². The zero-order valence-electron chi connectivity index (χ0n) is 38.6. The van der Waals surface area contributed by atoms with Crippen molar-refractivity contribution >= 4 is 87.8 Å². The summed E-state index contributed by atoms with van der Waals surface area (Å²) in [6.07, 6.45) is 37.5.